The fraction of sp³-hybridized carbons (Fsp3) is 0.222. The number of hydrogen-bond acceptors (Lipinski definition) is 2. The summed E-state index contributed by atoms with van der Waals surface area (Å²) in [5.74, 6) is 0. The fourth-order valence-corrected chi connectivity index (χ4v) is 1.69. The molecule has 0 aliphatic heterocycles. The molecule has 0 aliphatic carbocycles. The highest BCUT2D eigenvalue weighted by molar-refractivity contribution is 7.10. The third kappa shape index (κ3) is 1.74. The van der Waals surface area contributed by atoms with E-state index in [-0.39, 0.29) is 4.87 Å². The van der Waals surface area contributed by atoms with Crippen LogP contribution in [0, 0.1) is 0 Å². The predicted molar refractivity (Wildman–Crippen MR) is 54.4 cm³/mol. The number of thiazole rings is 1. The molecule has 12 heavy (non-hydrogen) atoms. The lowest BCUT2D eigenvalue weighted by molar-refractivity contribution is 1.30. The van der Waals surface area contributed by atoms with Gasteiger partial charge in [-0.3, -0.25) is 4.79 Å². The van der Waals surface area contributed by atoms with E-state index in [0.717, 1.165) is 16.1 Å². The summed E-state index contributed by atoms with van der Waals surface area (Å²) in [7, 11) is 0. The Bertz CT molecular complexity index is 370. The summed E-state index contributed by atoms with van der Waals surface area (Å²) >= 11 is 1.20. The molecule has 64 valence electrons. The van der Waals surface area contributed by atoms with E-state index in [4.69, 9.17) is 0 Å². The average Bonchev–Trinajstić information content (AvgIpc) is 2.32. The summed E-state index contributed by atoms with van der Waals surface area (Å²) in [6.07, 6.45) is 3.77. The van der Waals surface area contributed by atoms with Gasteiger partial charge >= 0.3 is 4.87 Å². The monoisotopic (exact) mass is 181 g/mol. The summed E-state index contributed by atoms with van der Waals surface area (Å²) < 4.78 is 0. The van der Waals surface area contributed by atoms with E-state index in [0.29, 0.717) is 0 Å². The van der Waals surface area contributed by atoms with Crippen molar-refractivity contribution in [1.82, 2.24) is 4.98 Å². The number of rotatable bonds is 2. The third-order valence-electron chi connectivity index (χ3n) is 1.40. The highest BCUT2D eigenvalue weighted by atomic mass is 32.1. The van der Waals surface area contributed by atoms with Crippen LogP contribution in [0.15, 0.2) is 17.4 Å². The summed E-state index contributed by atoms with van der Waals surface area (Å²) in [6, 6.07) is 0. The molecule has 1 heterocycles. The summed E-state index contributed by atoms with van der Waals surface area (Å²) in [6.45, 7) is 7.61. The zero-order valence-electron chi connectivity index (χ0n) is 7.18. The molecule has 1 aromatic heterocycles. The van der Waals surface area contributed by atoms with Crippen LogP contribution in [-0.2, 0) is 0 Å². The Balaban J connectivity index is 3.26. The molecule has 0 atom stereocenters. The molecule has 3 heteroatoms. The van der Waals surface area contributed by atoms with Gasteiger partial charge in [0, 0.05) is 0 Å². The SMILES string of the molecule is C=C(C)c1sc(=O)[nH]c1/C=C\C. The highest BCUT2D eigenvalue weighted by Gasteiger charge is 2.04. The van der Waals surface area contributed by atoms with Crippen molar-refractivity contribution >= 4 is 23.0 Å². The minimum atomic E-state index is -0.0268. The molecular formula is C9H11NOS. The molecule has 0 aliphatic rings. The van der Waals surface area contributed by atoms with Crippen molar-refractivity contribution in [3.05, 3.63) is 32.9 Å². The van der Waals surface area contributed by atoms with Crippen molar-refractivity contribution < 1.29 is 0 Å². The van der Waals surface area contributed by atoms with E-state index in [2.05, 4.69) is 11.6 Å². The zero-order chi connectivity index (χ0) is 9.14. The van der Waals surface area contributed by atoms with E-state index < -0.39 is 0 Å². The van der Waals surface area contributed by atoms with E-state index in [1.165, 1.54) is 11.3 Å². The van der Waals surface area contributed by atoms with Gasteiger partial charge in [0.05, 0.1) is 10.6 Å². The maximum absolute atomic E-state index is 11.0. The van der Waals surface area contributed by atoms with Gasteiger partial charge in [-0.2, -0.15) is 0 Å². The number of H-pyrrole nitrogens is 1. The molecule has 1 rings (SSSR count). The van der Waals surface area contributed by atoms with Crippen LogP contribution >= 0.6 is 11.3 Å². The van der Waals surface area contributed by atoms with Gasteiger partial charge < -0.3 is 4.98 Å². The molecule has 0 aromatic carbocycles. The van der Waals surface area contributed by atoms with Crippen LogP contribution in [0.3, 0.4) is 0 Å². The quantitative estimate of drug-likeness (QED) is 0.747. The molecule has 0 radical (unpaired) electrons. The van der Waals surface area contributed by atoms with Gasteiger partial charge in [0.25, 0.3) is 0 Å². The fourth-order valence-electron chi connectivity index (χ4n) is 0.941. The van der Waals surface area contributed by atoms with Crippen LogP contribution in [0.25, 0.3) is 11.6 Å². The first kappa shape index (κ1) is 9.00. The van der Waals surface area contributed by atoms with Gasteiger partial charge in [-0.1, -0.05) is 24.0 Å². The average molecular weight is 181 g/mol. The zero-order valence-corrected chi connectivity index (χ0v) is 7.99. The summed E-state index contributed by atoms with van der Waals surface area (Å²) in [4.78, 5) is 14.6. The summed E-state index contributed by atoms with van der Waals surface area (Å²) in [5.41, 5.74) is 1.78. The lowest BCUT2D eigenvalue weighted by Gasteiger charge is -1.93. The van der Waals surface area contributed by atoms with Crippen LogP contribution < -0.4 is 4.87 Å². The number of aromatic amines is 1. The van der Waals surface area contributed by atoms with Crippen molar-refractivity contribution in [2.24, 2.45) is 0 Å². The van der Waals surface area contributed by atoms with Crippen LogP contribution in [0.5, 0.6) is 0 Å². The van der Waals surface area contributed by atoms with Gasteiger partial charge in [0.1, 0.15) is 0 Å². The van der Waals surface area contributed by atoms with Crippen molar-refractivity contribution in [2.75, 3.05) is 0 Å². The molecule has 0 fully saturated rings. The van der Waals surface area contributed by atoms with Crippen LogP contribution in [-0.4, -0.2) is 4.98 Å². The minimum absolute atomic E-state index is 0.0268. The first-order chi connectivity index (χ1) is 5.65. The van der Waals surface area contributed by atoms with Gasteiger partial charge in [0.2, 0.25) is 0 Å². The smallest absolute Gasteiger partial charge is 0.305 e. The van der Waals surface area contributed by atoms with Gasteiger partial charge in [-0.25, -0.2) is 0 Å². The molecule has 0 spiro atoms. The van der Waals surface area contributed by atoms with Gasteiger partial charge in [-0.05, 0) is 25.5 Å². The standard InChI is InChI=1S/C9H11NOS/c1-4-5-7-8(6(2)3)12-9(11)10-7/h4-5H,2H2,1,3H3,(H,10,11)/b5-4-. The third-order valence-corrected chi connectivity index (χ3v) is 2.46. The first-order valence-electron chi connectivity index (χ1n) is 3.67. The Morgan fingerprint density at radius 1 is 1.67 bits per heavy atom. The highest BCUT2D eigenvalue weighted by Crippen LogP contribution is 2.19. The Morgan fingerprint density at radius 3 is 2.83 bits per heavy atom. The number of hydrogen-bond donors (Lipinski definition) is 1. The van der Waals surface area contributed by atoms with E-state index in [1.807, 2.05) is 26.0 Å². The Hall–Kier alpha value is -1.09. The minimum Gasteiger partial charge on any atom is -0.312 e. The van der Waals surface area contributed by atoms with Crippen LogP contribution in [0.4, 0.5) is 0 Å². The molecule has 0 bridgehead atoms. The van der Waals surface area contributed by atoms with Crippen LogP contribution in [0.1, 0.15) is 24.4 Å². The number of allylic oxidation sites excluding steroid dienone is 2. The van der Waals surface area contributed by atoms with Crippen molar-refractivity contribution in [3.63, 3.8) is 0 Å². The summed E-state index contributed by atoms with van der Waals surface area (Å²) in [5, 5.41) is 0. The molecule has 0 saturated heterocycles. The molecule has 1 aromatic rings. The molecule has 0 saturated carbocycles. The van der Waals surface area contributed by atoms with Gasteiger partial charge in [-0.15, -0.1) is 0 Å². The van der Waals surface area contributed by atoms with Crippen molar-refractivity contribution in [2.45, 2.75) is 13.8 Å². The van der Waals surface area contributed by atoms with E-state index in [9.17, 15) is 4.79 Å². The Labute approximate surface area is 75.3 Å². The normalized spacial score (nSPS) is 10.8. The van der Waals surface area contributed by atoms with Crippen molar-refractivity contribution in [1.29, 1.82) is 0 Å². The van der Waals surface area contributed by atoms with Gasteiger partial charge in [0.15, 0.2) is 0 Å². The lowest BCUT2D eigenvalue weighted by Crippen LogP contribution is -1.91. The molecular weight excluding hydrogens is 170 g/mol. The van der Waals surface area contributed by atoms with E-state index >= 15 is 0 Å². The molecule has 0 amide bonds. The van der Waals surface area contributed by atoms with Crippen LogP contribution in [0.2, 0.25) is 0 Å². The second-order valence-electron chi connectivity index (χ2n) is 2.54. The topological polar surface area (TPSA) is 32.9 Å². The first-order valence-corrected chi connectivity index (χ1v) is 4.48. The van der Waals surface area contributed by atoms with Crippen molar-refractivity contribution in [3.8, 4) is 0 Å². The lowest BCUT2D eigenvalue weighted by atomic mass is 10.2. The second-order valence-corrected chi connectivity index (χ2v) is 3.52. The maximum atomic E-state index is 11.0. The number of nitrogens with one attached hydrogen (secondary N) is 1. The molecule has 0 unspecified atom stereocenters. The Morgan fingerprint density at radius 2 is 2.33 bits per heavy atom. The Kier molecular flexibility index (Phi) is 2.65. The predicted octanol–water partition coefficient (Wildman–Crippen LogP) is 2.50. The largest absolute Gasteiger partial charge is 0.312 e. The maximum Gasteiger partial charge on any atom is 0.305 e. The molecule has 2 nitrogen and oxygen atoms in total. The number of aromatic nitrogens is 1. The van der Waals surface area contributed by atoms with E-state index in [1.54, 1.807) is 0 Å². The molecule has 1 N–H and O–H groups in total. The second kappa shape index (κ2) is 3.54.